The number of halogens is 2. The van der Waals surface area contributed by atoms with Gasteiger partial charge in [-0.05, 0) is 61.2 Å². The zero-order valence-corrected chi connectivity index (χ0v) is 14.1. The van der Waals surface area contributed by atoms with E-state index in [1.54, 1.807) is 31.2 Å². The lowest BCUT2D eigenvalue weighted by atomic mass is 10.0. The molecule has 0 radical (unpaired) electrons. The van der Waals surface area contributed by atoms with Crippen LogP contribution in [-0.4, -0.2) is 11.0 Å². The zero-order chi connectivity index (χ0) is 16.4. The summed E-state index contributed by atoms with van der Waals surface area (Å²) in [5.41, 5.74) is 3.85. The molecule has 0 aliphatic heterocycles. The van der Waals surface area contributed by atoms with Gasteiger partial charge in [0.25, 0.3) is 0 Å². The third-order valence-corrected chi connectivity index (χ3v) is 4.42. The summed E-state index contributed by atoms with van der Waals surface area (Å²) in [4.78, 5) is 12.2. The van der Waals surface area contributed by atoms with E-state index in [0.717, 1.165) is 22.3 Å². The average Bonchev–Trinajstić information content (AvgIpc) is 2.46. The summed E-state index contributed by atoms with van der Waals surface area (Å²) in [5, 5.41) is 13.7. The summed E-state index contributed by atoms with van der Waals surface area (Å²) in [5.74, 6) is 0.117. The number of carbonyl (C=O) groups is 1. The highest BCUT2D eigenvalue weighted by Crippen LogP contribution is 2.30. The SMILES string of the molecule is Cc1cc(NC(=O)Cc2ccc(Cl)c(Cl)c2)c(C)c(C)c1O. The van der Waals surface area contributed by atoms with Crippen molar-refractivity contribution < 1.29 is 9.90 Å². The van der Waals surface area contributed by atoms with Gasteiger partial charge in [-0.3, -0.25) is 4.79 Å². The molecular weight excluding hydrogens is 321 g/mol. The molecule has 2 aromatic carbocycles. The van der Waals surface area contributed by atoms with E-state index in [9.17, 15) is 9.90 Å². The first-order valence-corrected chi connectivity index (χ1v) is 7.58. The average molecular weight is 338 g/mol. The zero-order valence-electron chi connectivity index (χ0n) is 12.6. The molecule has 2 N–H and O–H groups in total. The van der Waals surface area contributed by atoms with Crippen LogP contribution < -0.4 is 5.32 Å². The normalized spacial score (nSPS) is 10.6. The lowest BCUT2D eigenvalue weighted by Crippen LogP contribution is -2.15. The second-order valence-corrected chi connectivity index (χ2v) is 6.13. The maximum Gasteiger partial charge on any atom is 0.228 e. The fraction of sp³-hybridized carbons (Fsp3) is 0.235. The molecule has 0 aromatic heterocycles. The molecule has 22 heavy (non-hydrogen) atoms. The van der Waals surface area contributed by atoms with E-state index in [0.29, 0.717) is 15.7 Å². The molecule has 0 spiro atoms. The van der Waals surface area contributed by atoms with Crippen LogP contribution in [0.5, 0.6) is 5.75 Å². The van der Waals surface area contributed by atoms with Crippen LogP contribution in [0.15, 0.2) is 24.3 Å². The van der Waals surface area contributed by atoms with Gasteiger partial charge < -0.3 is 10.4 Å². The Morgan fingerprint density at radius 3 is 2.41 bits per heavy atom. The molecule has 3 nitrogen and oxygen atoms in total. The summed E-state index contributed by atoms with van der Waals surface area (Å²) >= 11 is 11.8. The molecule has 0 saturated carbocycles. The number of nitrogens with one attached hydrogen (secondary N) is 1. The maximum atomic E-state index is 12.2. The van der Waals surface area contributed by atoms with Crippen LogP contribution in [0.4, 0.5) is 5.69 Å². The van der Waals surface area contributed by atoms with Gasteiger partial charge in [0, 0.05) is 5.69 Å². The fourth-order valence-corrected chi connectivity index (χ4v) is 2.55. The Morgan fingerprint density at radius 2 is 1.77 bits per heavy atom. The van der Waals surface area contributed by atoms with Crippen molar-refractivity contribution >= 4 is 34.8 Å². The standard InChI is InChI=1S/C17H17Cl2NO2/c1-9-6-15(10(2)11(3)17(9)22)20-16(21)8-12-4-5-13(18)14(19)7-12/h4-7,22H,8H2,1-3H3,(H,20,21). The molecule has 0 bridgehead atoms. The van der Waals surface area contributed by atoms with E-state index in [-0.39, 0.29) is 18.1 Å². The minimum atomic E-state index is -0.147. The number of rotatable bonds is 3. The summed E-state index contributed by atoms with van der Waals surface area (Å²) in [6.45, 7) is 5.49. The van der Waals surface area contributed by atoms with Crippen molar-refractivity contribution in [2.24, 2.45) is 0 Å². The van der Waals surface area contributed by atoms with Crippen LogP contribution in [0.1, 0.15) is 22.3 Å². The number of hydrogen-bond donors (Lipinski definition) is 2. The van der Waals surface area contributed by atoms with Crippen LogP contribution in [-0.2, 0) is 11.2 Å². The van der Waals surface area contributed by atoms with Crippen molar-refractivity contribution in [3.8, 4) is 5.75 Å². The van der Waals surface area contributed by atoms with Gasteiger partial charge in [0.15, 0.2) is 0 Å². The van der Waals surface area contributed by atoms with E-state index in [2.05, 4.69) is 5.32 Å². The Labute approximate surface area is 139 Å². The first-order valence-electron chi connectivity index (χ1n) is 6.83. The van der Waals surface area contributed by atoms with Gasteiger partial charge in [-0.2, -0.15) is 0 Å². The predicted octanol–water partition coefficient (Wildman–Crippen LogP) is 4.81. The summed E-state index contributed by atoms with van der Waals surface area (Å²) in [7, 11) is 0. The van der Waals surface area contributed by atoms with E-state index in [4.69, 9.17) is 23.2 Å². The van der Waals surface area contributed by atoms with Crippen LogP contribution in [0, 0.1) is 20.8 Å². The van der Waals surface area contributed by atoms with E-state index in [1.165, 1.54) is 0 Å². The Hall–Kier alpha value is -1.71. The van der Waals surface area contributed by atoms with Gasteiger partial charge in [-0.1, -0.05) is 29.3 Å². The van der Waals surface area contributed by atoms with E-state index in [1.807, 2.05) is 13.8 Å². The smallest absolute Gasteiger partial charge is 0.228 e. The predicted molar refractivity (Wildman–Crippen MR) is 91.1 cm³/mol. The molecule has 0 atom stereocenters. The topological polar surface area (TPSA) is 49.3 Å². The number of phenolic OH excluding ortho intramolecular Hbond substituents is 1. The van der Waals surface area contributed by atoms with Crippen molar-refractivity contribution in [2.75, 3.05) is 5.32 Å². The van der Waals surface area contributed by atoms with E-state index >= 15 is 0 Å². The number of anilines is 1. The van der Waals surface area contributed by atoms with Gasteiger partial charge >= 0.3 is 0 Å². The molecule has 0 fully saturated rings. The number of aromatic hydroxyl groups is 1. The van der Waals surface area contributed by atoms with Crippen LogP contribution in [0.2, 0.25) is 10.0 Å². The molecule has 0 aliphatic rings. The van der Waals surface area contributed by atoms with Crippen molar-refractivity contribution in [1.82, 2.24) is 0 Å². The second kappa shape index (κ2) is 6.59. The molecule has 0 heterocycles. The number of phenols is 1. The molecular formula is C17H17Cl2NO2. The lowest BCUT2D eigenvalue weighted by Gasteiger charge is -2.14. The second-order valence-electron chi connectivity index (χ2n) is 5.31. The highest BCUT2D eigenvalue weighted by molar-refractivity contribution is 6.42. The van der Waals surface area contributed by atoms with Crippen molar-refractivity contribution in [1.29, 1.82) is 0 Å². The monoisotopic (exact) mass is 337 g/mol. The Kier molecular flexibility index (Phi) is 4.99. The third kappa shape index (κ3) is 3.54. The van der Waals surface area contributed by atoms with Crippen molar-refractivity contribution in [2.45, 2.75) is 27.2 Å². The Bertz CT molecular complexity index is 742. The molecule has 1 amide bonds. The largest absolute Gasteiger partial charge is 0.507 e. The Morgan fingerprint density at radius 1 is 1.09 bits per heavy atom. The van der Waals surface area contributed by atoms with Crippen LogP contribution in [0.3, 0.4) is 0 Å². The molecule has 2 rings (SSSR count). The summed E-state index contributed by atoms with van der Waals surface area (Å²) in [6.07, 6.45) is 0.204. The molecule has 2 aromatic rings. The highest BCUT2D eigenvalue weighted by Gasteiger charge is 2.12. The fourth-order valence-electron chi connectivity index (χ4n) is 2.23. The number of benzene rings is 2. The molecule has 5 heteroatoms. The molecule has 0 saturated heterocycles. The Balaban J connectivity index is 2.17. The minimum Gasteiger partial charge on any atom is -0.507 e. The number of carbonyl (C=O) groups excluding carboxylic acids is 1. The lowest BCUT2D eigenvalue weighted by molar-refractivity contribution is -0.115. The summed E-state index contributed by atoms with van der Waals surface area (Å²) in [6, 6.07) is 6.90. The van der Waals surface area contributed by atoms with Crippen molar-refractivity contribution in [3.05, 3.63) is 56.6 Å². The number of amides is 1. The highest BCUT2D eigenvalue weighted by atomic mass is 35.5. The van der Waals surface area contributed by atoms with E-state index < -0.39 is 0 Å². The number of aryl methyl sites for hydroxylation is 1. The van der Waals surface area contributed by atoms with Gasteiger partial charge in [-0.15, -0.1) is 0 Å². The first kappa shape index (κ1) is 16.7. The van der Waals surface area contributed by atoms with Crippen LogP contribution in [0.25, 0.3) is 0 Å². The minimum absolute atomic E-state index is 0.147. The third-order valence-electron chi connectivity index (χ3n) is 3.68. The van der Waals surface area contributed by atoms with Gasteiger partial charge in [0.05, 0.1) is 16.5 Å². The van der Waals surface area contributed by atoms with Crippen molar-refractivity contribution in [3.63, 3.8) is 0 Å². The first-order chi connectivity index (χ1) is 10.3. The van der Waals surface area contributed by atoms with Gasteiger partial charge in [-0.25, -0.2) is 0 Å². The van der Waals surface area contributed by atoms with Crippen LogP contribution >= 0.6 is 23.2 Å². The molecule has 0 unspecified atom stereocenters. The van der Waals surface area contributed by atoms with Gasteiger partial charge in [0.2, 0.25) is 5.91 Å². The molecule has 116 valence electrons. The van der Waals surface area contributed by atoms with Gasteiger partial charge in [0.1, 0.15) is 5.75 Å². The molecule has 0 aliphatic carbocycles. The maximum absolute atomic E-state index is 12.2. The quantitative estimate of drug-likeness (QED) is 0.790. The summed E-state index contributed by atoms with van der Waals surface area (Å²) < 4.78 is 0. The number of hydrogen-bond acceptors (Lipinski definition) is 2.